The second-order valence-corrected chi connectivity index (χ2v) is 6.24. The topological polar surface area (TPSA) is 121 Å². The lowest BCUT2D eigenvalue weighted by molar-refractivity contribution is -0.384. The van der Waals surface area contributed by atoms with Crippen molar-refractivity contribution in [1.29, 1.82) is 0 Å². The molecule has 0 aliphatic carbocycles. The summed E-state index contributed by atoms with van der Waals surface area (Å²) in [4.78, 5) is 34.8. The van der Waals surface area contributed by atoms with Gasteiger partial charge in [0, 0.05) is 29.4 Å². The summed E-state index contributed by atoms with van der Waals surface area (Å²) < 4.78 is 15.7. The van der Waals surface area contributed by atoms with E-state index in [0.29, 0.717) is 22.8 Å². The van der Waals surface area contributed by atoms with Gasteiger partial charge in [-0.05, 0) is 43.3 Å². The molecular weight excluding hydrogens is 392 g/mol. The van der Waals surface area contributed by atoms with Gasteiger partial charge in [-0.1, -0.05) is 6.07 Å². The highest BCUT2D eigenvalue weighted by Gasteiger charge is 2.22. The van der Waals surface area contributed by atoms with Crippen LogP contribution in [0.4, 0.5) is 11.4 Å². The van der Waals surface area contributed by atoms with E-state index >= 15 is 0 Å². The van der Waals surface area contributed by atoms with Crippen LogP contribution in [0.2, 0.25) is 0 Å². The minimum absolute atomic E-state index is 0.0548. The van der Waals surface area contributed by atoms with Gasteiger partial charge in [-0.2, -0.15) is 0 Å². The number of benzene rings is 2. The number of nitrogens with zero attached hydrogens (tertiary/aromatic N) is 1. The van der Waals surface area contributed by atoms with Crippen LogP contribution in [0, 0.1) is 10.1 Å². The molecule has 0 radical (unpaired) electrons. The molecule has 1 heterocycles. The van der Waals surface area contributed by atoms with E-state index in [9.17, 15) is 19.7 Å². The van der Waals surface area contributed by atoms with Crippen molar-refractivity contribution < 1.29 is 28.4 Å². The minimum atomic E-state index is -1.07. The molecule has 3 rings (SSSR count). The number of furan rings is 1. The Kier molecular flexibility index (Phi) is 6.11. The van der Waals surface area contributed by atoms with Crippen LogP contribution in [0.3, 0.4) is 0 Å². The summed E-state index contributed by atoms with van der Waals surface area (Å²) in [7, 11) is 1.51. The molecule has 1 N–H and O–H groups in total. The summed E-state index contributed by atoms with van der Waals surface area (Å²) in [6, 6.07) is 15.4. The lowest BCUT2D eigenvalue weighted by atomic mass is 10.1. The van der Waals surface area contributed by atoms with Gasteiger partial charge in [0.2, 0.25) is 5.76 Å². The standard InChI is InChI=1S/C21H18N2O7/c1-13(20(24)22-15-4-3-5-17(12-15)28-2)29-21(25)19-11-10-18(30-19)14-6-8-16(9-7-14)23(26)27/h3-13H,1-2H3,(H,22,24)/t13-/m1/s1. The van der Waals surface area contributed by atoms with Gasteiger partial charge in [-0.15, -0.1) is 0 Å². The van der Waals surface area contributed by atoms with Crippen LogP contribution in [0.15, 0.2) is 65.1 Å². The van der Waals surface area contributed by atoms with Gasteiger partial charge < -0.3 is 19.2 Å². The van der Waals surface area contributed by atoms with Gasteiger partial charge in [0.1, 0.15) is 11.5 Å². The smallest absolute Gasteiger partial charge is 0.375 e. The largest absolute Gasteiger partial charge is 0.497 e. The maximum Gasteiger partial charge on any atom is 0.375 e. The van der Waals surface area contributed by atoms with Crippen LogP contribution >= 0.6 is 0 Å². The summed E-state index contributed by atoms with van der Waals surface area (Å²) in [6.45, 7) is 1.44. The SMILES string of the molecule is COc1cccc(NC(=O)[C@@H](C)OC(=O)c2ccc(-c3ccc([N+](=O)[O-])cc3)o2)c1. The Morgan fingerprint density at radius 1 is 1.10 bits per heavy atom. The number of amides is 1. The molecule has 9 nitrogen and oxygen atoms in total. The van der Waals surface area contributed by atoms with Crippen LogP contribution in [0.1, 0.15) is 17.5 Å². The van der Waals surface area contributed by atoms with Crippen LogP contribution in [-0.4, -0.2) is 30.0 Å². The van der Waals surface area contributed by atoms with Crippen LogP contribution in [0.5, 0.6) is 5.75 Å². The quantitative estimate of drug-likeness (QED) is 0.354. The summed E-state index contributed by atoms with van der Waals surface area (Å²) in [5.74, 6) is -0.503. The molecule has 1 aromatic heterocycles. The number of hydrogen-bond acceptors (Lipinski definition) is 7. The van der Waals surface area contributed by atoms with Gasteiger partial charge in [0.15, 0.2) is 6.10 Å². The zero-order valence-electron chi connectivity index (χ0n) is 16.2. The number of nitrogens with one attached hydrogen (secondary N) is 1. The molecule has 0 saturated carbocycles. The molecule has 0 spiro atoms. The Hall–Kier alpha value is -4.14. The molecule has 1 amide bonds. The minimum Gasteiger partial charge on any atom is -0.497 e. The van der Waals surface area contributed by atoms with Crippen molar-refractivity contribution in [3.05, 3.63) is 76.5 Å². The first-order valence-electron chi connectivity index (χ1n) is 8.88. The number of non-ortho nitro benzene ring substituents is 1. The number of carbonyl (C=O) groups excluding carboxylic acids is 2. The highest BCUT2D eigenvalue weighted by molar-refractivity contribution is 5.96. The number of methoxy groups -OCH3 is 1. The third-order valence-corrected chi connectivity index (χ3v) is 4.16. The fraction of sp³-hybridized carbons (Fsp3) is 0.143. The zero-order chi connectivity index (χ0) is 21.7. The van der Waals surface area contributed by atoms with Crippen LogP contribution in [-0.2, 0) is 9.53 Å². The molecular formula is C21H18N2O7. The van der Waals surface area contributed by atoms with Gasteiger partial charge in [0.05, 0.1) is 12.0 Å². The highest BCUT2D eigenvalue weighted by atomic mass is 16.6. The maximum atomic E-state index is 12.3. The molecule has 154 valence electrons. The van der Waals surface area contributed by atoms with Gasteiger partial charge in [-0.3, -0.25) is 14.9 Å². The predicted molar refractivity (Wildman–Crippen MR) is 107 cm³/mol. The second kappa shape index (κ2) is 8.91. The van der Waals surface area contributed by atoms with E-state index in [4.69, 9.17) is 13.9 Å². The van der Waals surface area contributed by atoms with Crippen molar-refractivity contribution in [2.75, 3.05) is 12.4 Å². The van der Waals surface area contributed by atoms with E-state index < -0.39 is 22.9 Å². The molecule has 0 aliphatic heterocycles. The summed E-state index contributed by atoms with van der Waals surface area (Å²) in [5.41, 5.74) is 1.00. The van der Waals surface area contributed by atoms with Crippen molar-refractivity contribution in [1.82, 2.24) is 0 Å². The first-order chi connectivity index (χ1) is 14.4. The fourth-order valence-electron chi connectivity index (χ4n) is 2.57. The average Bonchev–Trinajstić information content (AvgIpc) is 3.24. The third-order valence-electron chi connectivity index (χ3n) is 4.16. The van der Waals surface area contributed by atoms with E-state index in [1.165, 1.54) is 44.4 Å². The number of nitro benzene ring substituents is 1. The first kappa shape index (κ1) is 20.6. The molecule has 30 heavy (non-hydrogen) atoms. The number of nitro groups is 1. The molecule has 3 aromatic rings. The molecule has 0 fully saturated rings. The van der Waals surface area contributed by atoms with Crippen LogP contribution in [0.25, 0.3) is 11.3 Å². The zero-order valence-corrected chi connectivity index (χ0v) is 16.2. The summed E-state index contributed by atoms with van der Waals surface area (Å²) in [5, 5.41) is 13.4. The van der Waals surface area contributed by atoms with Gasteiger partial charge in [0.25, 0.3) is 11.6 Å². The van der Waals surface area contributed by atoms with E-state index in [1.54, 1.807) is 30.3 Å². The maximum absolute atomic E-state index is 12.3. The van der Waals surface area contributed by atoms with E-state index in [-0.39, 0.29) is 11.4 Å². The number of hydrogen-bond donors (Lipinski definition) is 1. The molecule has 0 saturated heterocycles. The van der Waals surface area contributed by atoms with E-state index in [1.807, 2.05) is 0 Å². The van der Waals surface area contributed by atoms with Crippen molar-refractivity contribution in [2.24, 2.45) is 0 Å². The third kappa shape index (κ3) is 4.82. The number of anilines is 1. The monoisotopic (exact) mass is 410 g/mol. The normalized spacial score (nSPS) is 11.4. The Morgan fingerprint density at radius 2 is 1.83 bits per heavy atom. The molecule has 0 bridgehead atoms. The predicted octanol–water partition coefficient (Wildman–Crippen LogP) is 4.05. The van der Waals surface area contributed by atoms with Gasteiger partial charge in [-0.25, -0.2) is 4.79 Å². The summed E-state index contributed by atoms with van der Waals surface area (Å²) in [6.07, 6.45) is -1.07. The van der Waals surface area contributed by atoms with Crippen molar-refractivity contribution >= 4 is 23.3 Å². The van der Waals surface area contributed by atoms with Crippen molar-refractivity contribution in [3.8, 4) is 17.1 Å². The average molecular weight is 410 g/mol. The molecule has 0 aliphatic rings. The van der Waals surface area contributed by atoms with Crippen molar-refractivity contribution in [2.45, 2.75) is 13.0 Å². The van der Waals surface area contributed by atoms with Gasteiger partial charge >= 0.3 is 5.97 Å². The lowest BCUT2D eigenvalue weighted by Crippen LogP contribution is -2.29. The number of ether oxygens (including phenoxy) is 2. The molecule has 9 heteroatoms. The highest BCUT2D eigenvalue weighted by Crippen LogP contribution is 2.25. The Labute approximate surface area is 171 Å². The Morgan fingerprint density at radius 3 is 2.50 bits per heavy atom. The molecule has 2 aromatic carbocycles. The fourth-order valence-corrected chi connectivity index (χ4v) is 2.57. The molecule has 1 atom stereocenters. The number of rotatable bonds is 7. The number of esters is 1. The summed E-state index contributed by atoms with van der Waals surface area (Å²) >= 11 is 0. The second-order valence-electron chi connectivity index (χ2n) is 6.24. The van der Waals surface area contributed by atoms with E-state index in [2.05, 4.69) is 5.32 Å². The Balaban J connectivity index is 1.62. The van der Waals surface area contributed by atoms with Crippen molar-refractivity contribution in [3.63, 3.8) is 0 Å². The molecule has 0 unspecified atom stereocenters. The van der Waals surface area contributed by atoms with E-state index in [0.717, 1.165) is 0 Å². The van der Waals surface area contributed by atoms with Crippen LogP contribution < -0.4 is 10.1 Å². The first-order valence-corrected chi connectivity index (χ1v) is 8.88. The lowest BCUT2D eigenvalue weighted by Gasteiger charge is -2.13. The number of carbonyl (C=O) groups is 2. The Bertz CT molecular complexity index is 1070.